The second-order valence-electron chi connectivity index (χ2n) is 3.90. The molecule has 2 heterocycles. The molecule has 0 radical (unpaired) electrons. The average Bonchev–Trinajstić information content (AvgIpc) is 2.67. The van der Waals surface area contributed by atoms with Gasteiger partial charge in [0, 0.05) is 16.7 Å². The number of cyclic esters (lactones) is 2. The minimum Gasteiger partial charge on any atom is -0.432 e. The normalized spacial score (nSPS) is 36.6. The number of hydrogen-bond acceptors (Lipinski definition) is 6. The lowest BCUT2D eigenvalue weighted by Crippen LogP contribution is -2.20. The van der Waals surface area contributed by atoms with Crippen molar-refractivity contribution in [2.75, 3.05) is 0 Å². The van der Waals surface area contributed by atoms with Crippen LogP contribution in [-0.2, 0) is 19.1 Å². The fourth-order valence-corrected chi connectivity index (χ4v) is 2.19. The molecule has 0 aromatic rings. The van der Waals surface area contributed by atoms with Crippen molar-refractivity contribution in [3.63, 3.8) is 0 Å². The van der Waals surface area contributed by atoms with Crippen LogP contribution in [0.25, 0.3) is 0 Å². The molecule has 0 amide bonds. The third-order valence-electron chi connectivity index (χ3n) is 3.02. The summed E-state index contributed by atoms with van der Waals surface area (Å²) in [6, 6.07) is 0. The molecule has 0 bridgehead atoms. The van der Waals surface area contributed by atoms with Gasteiger partial charge in [-0.05, 0) is 12.5 Å². The highest BCUT2D eigenvalue weighted by atomic mass is 16.6. The summed E-state index contributed by atoms with van der Waals surface area (Å²) in [7, 11) is 0. The Balaban J connectivity index is 2.06. The van der Waals surface area contributed by atoms with Crippen molar-refractivity contribution in [1.82, 2.24) is 0 Å². The van der Waals surface area contributed by atoms with Crippen molar-refractivity contribution in [2.45, 2.75) is 19.0 Å². The maximum atomic E-state index is 11.3. The predicted molar refractivity (Wildman–Crippen MR) is 47.4 cm³/mol. The fraction of sp³-hybridized carbons (Fsp3) is 0.400. The quantitative estimate of drug-likeness (QED) is 0.511. The molecule has 84 valence electrons. The first kappa shape index (κ1) is 9.56. The Labute approximate surface area is 89.8 Å². The monoisotopic (exact) mass is 224 g/mol. The molecular weight excluding hydrogens is 216 g/mol. The van der Waals surface area contributed by atoms with Crippen LogP contribution in [-0.4, -0.2) is 34.7 Å². The Morgan fingerprint density at radius 1 is 1.19 bits per heavy atom. The highest BCUT2D eigenvalue weighted by Gasteiger charge is 2.46. The van der Waals surface area contributed by atoms with E-state index in [2.05, 4.69) is 9.47 Å². The Bertz CT molecular complexity index is 460. The number of rotatable bonds is 0. The van der Waals surface area contributed by atoms with Crippen molar-refractivity contribution in [1.29, 1.82) is 0 Å². The van der Waals surface area contributed by atoms with E-state index in [1.54, 1.807) is 0 Å². The Hall–Kier alpha value is -1.66. The molecule has 1 fully saturated rings. The van der Waals surface area contributed by atoms with Crippen LogP contribution < -0.4 is 0 Å². The molecule has 16 heavy (non-hydrogen) atoms. The largest absolute Gasteiger partial charge is 0.432 e. The van der Waals surface area contributed by atoms with Crippen LogP contribution in [0.1, 0.15) is 6.42 Å². The van der Waals surface area contributed by atoms with Gasteiger partial charge in [0.2, 0.25) is 12.6 Å². The second-order valence-corrected chi connectivity index (χ2v) is 3.90. The van der Waals surface area contributed by atoms with E-state index in [1.807, 2.05) is 0 Å². The van der Waals surface area contributed by atoms with Crippen molar-refractivity contribution in [3.8, 4) is 0 Å². The van der Waals surface area contributed by atoms with Crippen LogP contribution in [0.15, 0.2) is 22.8 Å². The lowest BCUT2D eigenvalue weighted by Gasteiger charge is -2.16. The summed E-state index contributed by atoms with van der Waals surface area (Å²) in [4.78, 5) is 22.6. The molecule has 1 saturated heterocycles. The first-order chi connectivity index (χ1) is 7.58. The van der Waals surface area contributed by atoms with Gasteiger partial charge in [0.1, 0.15) is 0 Å². The van der Waals surface area contributed by atoms with Gasteiger partial charge in [-0.25, -0.2) is 9.59 Å². The SMILES string of the molecule is O=C1O[C@@H](O)C2CC3=C(C=C12)C(O)OC3=O. The van der Waals surface area contributed by atoms with E-state index in [1.165, 1.54) is 6.08 Å². The van der Waals surface area contributed by atoms with Crippen molar-refractivity contribution in [3.05, 3.63) is 22.8 Å². The molecule has 6 nitrogen and oxygen atoms in total. The Morgan fingerprint density at radius 2 is 1.94 bits per heavy atom. The highest BCUT2D eigenvalue weighted by Crippen LogP contribution is 2.41. The number of esters is 2. The van der Waals surface area contributed by atoms with Gasteiger partial charge in [0.05, 0.1) is 5.92 Å². The molecule has 0 spiro atoms. The van der Waals surface area contributed by atoms with Gasteiger partial charge in [0.15, 0.2) is 0 Å². The van der Waals surface area contributed by atoms with Crippen LogP contribution in [0.3, 0.4) is 0 Å². The summed E-state index contributed by atoms with van der Waals surface area (Å²) >= 11 is 0. The zero-order valence-electron chi connectivity index (χ0n) is 8.04. The average molecular weight is 224 g/mol. The molecule has 0 saturated carbocycles. The predicted octanol–water partition coefficient (Wildman–Crippen LogP) is -1.02. The van der Waals surface area contributed by atoms with Crippen molar-refractivity contribution >= 4 is 11.9 Å². The molecule has 2 unspecified atom stereocenters. The summed E-state index contributed by atoms with van der Waals surface area (Å²) < 4.78 is 9.24. The van der Waals surface area contributed by atoms with Gasteiger partial charge in [-0.15, -0.1) is 0 Å². The van der Waals surface area contributed by atoms with Crippen LogP contribution in [0.2, 0.25) is 0 Å². The number of aliphatic hydroxyl groups is 2. The standard InChI is InChI=1S/C10H8O6/c11-7-3-1-4-6(10(14)16-8(4)12)2-5(3)9(13)15-7/h1,5,8-9,12-13H,2H2/t5?,8?,9-/m1/s1. The molecule has 1 aliphatic carbocycles. The summed E-state index contributed by atoms with van der Waals surface area (Å²) in [5, 5.41) is 18.9. The van der Waals surface area contributed by atoms with Gasteiger partial charge in [-0.2, -0.15) is 0 Å². The Kier molecular flexibility index (Phi) is 1.75. The van der Waals surface area contributed by atoms with E-state index < -0.39 is 30.4 Å². The smallest absolute Gasteiger partial charge is 0.337 e. The molecule has 3 rings (SSSR count). The van der Waals surface area contributed by atoms with Crippen LogP contribution >= 0.6 is 0 Å². The number of carbonyl (C=O) groups excluding carboxylic acids is 2. The van der Waals surface area contributed by atoms with E-state index in [9.17, 15) is 19.8 Å². The first-order valence-corrected chi connectivity index (χ1v) is 4.80. The Morgan fingerprint density at radius 3 is 2.69 bits per heavy atom. The van der Waals surface area contributed by atoms with Crippen LogP contribution in [0.5, 0.6) is 0 Å². The molecular formula is C10H8O6. The summed E-state index contributed by atoms with van der Waals surface area (Å²) in [5.74, 6) is -1.76. The summed E-state index contributed by atoms with van der Waals surface area (Å²) in [6.07, 6.45) is -1.01. The highest BCUT2D eigenvalue weighted by molar-refractivity contribution is 5.98. The lowest BCUT2D eigenvalue weighted by atomic mass is 9.85. The van der Waals surface area contributed by atoms with Crippen molar-refractivity contribution in [2.24, 2.45) is 5.92 Å². The molecule has 3 aliphatic rings. The van der Waals surface area contributed by atoms with E-state index in [0.29, 0.717) is 11.1 Å². The minimum absolute atomic E-state index is 0.157. The van der Waals surface area contributed by atoms with E-state index >= 15 is 0 Å². The van der Waals surface area contributed by atoms with Gasteiger partial charge < -0.3 is 19.7 Å². The van der Waals surface area contributed by atoms with Crippen LogP contribution in [0, 0.1) is 5.92 Å². The molecule has 0 aromatic heterocycles. The lowest BCUT2D eigenvalue weighted by molar-refractivity contribution is -0.155. The number of aliphatic hydroxyl groups excluding tert-OH is 2. The third-order valence-corrected chi connectivity index (χ3v) is 3.02. The molecule has 2 aliphatic heterocycles. The summed E-state index contributed by atoms with van der Waals surface area (Å²) in [5.41, 5.74) is 0.879. The van der Waals surface area contributed by atoms with E-state index in [0.717, 1.165) is 0 Å². The minimum atomic E-state index is -1.32. The maximum absolute atomic E-state index is 11.3. The zero-order valence-corrected chi connectivity index (χ0v) is 8.04. The first-order valence-electron chi connectivity index (χ1n) is 4.80. The van der Waals surface area contributed by atoms with Gasteiger partial charge in [-0.1, -0.05) is 0 Å². The number of hydrogen-bond donors (Lipinski definition) is 2. The number of fused-ring (bicyclic) bond motifs is 1. The number of ether oxygens (including phenoxy) is 2. The topological polar surface area (TPSA) is 93.1 Å². The molecule has 6 heteroatoms. The van der Waals surface area contributed by atoms with Gasteiger partial charge in [-0.3, -0.25) is 0 Å². The van der Waals surface area contributed by atoms with E-state index in [4.69, 9.17) is 0 Å². The molecule has 3 atom stereocenters. The molecule has 0 aromatic carbocycles. The summed E-state index contributed by atoms with van der Waals surface area (Å²) in [6.45, 7) is 0. The van der Waals surface area contributed by atoms with Gasteiger partial charge in [0.25, 0.3) is 0 Å². The third kappa shape index (κ3) is 1.08. The zero-order chi connectivity index (χ0) is 11.4. The van der Waals surface area contributed by atoms with Gasteiger partial charge >= 0.3 is 11.9 Å². The van der Waals surface area contributed by atoms with E-state index in [-0.39, 0.29) is 12.0 Å². The second kappa shape index (κ2) is 2.93. The van der Waals surface area contributed by atoms with Crippen LogP contribution in [0.4, 0.5) is 0 Å². The molecule has 2 N–H and O–H groups in total. The maximum Gasteiger partial charge on any atom is 0.337 e. The van der Waals surface area contributed by atoms with Crippen molar-refractivity contribution < 1.29 is 29.3 Å². The fourth-order valence-electron chi connectivity index (χ4n) is 2.19. The number of carbonyl (C=O) groups is 2.